The van der Waals surface area contributed by atoms with Crippen molar-refractivity contribution in [3.05, 3.63) is 29.8 Å². The second-order valence-electron chi connectivity index (χ2n) is 3.53. The van der Waals surface area contributed by atoms with E-state index in [4.69, 9.17) is 10.8 Å². The zero-order valence-corrected chi connectivity index (χ0v) is 8.53. The van der Waals surface area contributed by atoms with Gasteiger partial charge < -0.3 is 16.2 Å². The van der Waals surface area contributed by atoms with E-state index in [1.807, 2.05) is 19.1 Å². The Kier molecular flexibility index (Phi) is 4.43. The number of hydrogen-bond acceptors (Lipinski definition) is 3. The Hall–Kier alpha value is -1.06. The summed E-state index contributed by atoms with van der Waals surface area (Å²) in [6, 6.07) is 8.33. The molecule has 3 heteroatoms. The Balaban J connectivity index is 2.50. The molecule has 0 fully saturated rings. The highest BCUT2D eigenvalue weighted by molar-refractivity contribution is 5.44. The van der Waals surface area contributed by atoms with Crippen LogP contribution in [0.15, 0.2) is 24.3 Å². The van der Waals surface area contributed by atoms with Crippen molar-refractivity contribution in [2.75, 3.05) is 18.5 Å². The van der Waals surface area contributed by atoms with Crippen LogP contribution in [0.5, 0.6) is 0 Å². The molecule has 78 valence electrons. The first-order valence-electron chi connectivity index (χ1n) is 4.91. The van der Waals surface area contributed by atoms with E-state index in [-0.39, 0.29) is 12.6 Å². The van der Waals surface area contributed by atoms with E-state index < -0.39 is 0 Å². The molecule has 0 radical (unpaired) electrons. The zero-order valence-electron chi connectivity index (χ0n) is 8.53. The number of rotatable bonds is 5. The summed E-state index contributed by atoms with van der Waals surface area (Å²) in [5.41, 5.74) is 7.97. The minimum atomic E-state index is 0.154. The van der Waals surface area contributed by atoms with Crippen LogP contribution in [0.4, 0.5) is 5.69 Å². The molecular formula is C11H18N2O. The average molecular weight is 194 g/mol. The van der Waals surface area contributed by atoms with E-state index in [0.29, 0.717) is 6.54 Å². The van der Waals surface area contributed by atoms with E-state index in [1.165, 1.54) is 5.56 Å². The summed E-state index contributed by atoms with van der Waals surface area (Å²) < 4.78 is 0. The van der Waals surface area contributed by atoms with Gasteiger partial charge in [0.25, 0.3) is 0 Å². The molecule has 0 spiro atoms. The summed E-state index contributed by atoms with van der Waals surface area (Å²) in [5.74, 6) is 0. The highest BCUT2D eigenvalue weighted by atomic mass is 16.3. The number of aliphatic hydroxyl groups excluding tert-OH is 1. The molecule has 0 bridgehead atoms. The molecule has 0 amide bonds. The summed E-state index contributed by atoms with van der Waals surface area (Å²) >= 11 is 0. The molecule has 14 heavy (non-hydrogen) atoms. The second-order valence-corrected chi connectivity index (χ2v) is 3.53. The van der Waals surface area contributed by atoms with Crippen LogP contribution < -0.4 is 11.1 Å². The van der Waals surface area contributed by atoms with E-state index in [9.17, 15) is 0 Å². The lowest BCUT2D eigenvalue weighted by Gasteiger charge is -2.07. The lowest BCUT2D eigenvalue weighted by atomic mass is 10.1. The van der Waals surface area contributed by atoms with E-state index in [2.05, 4.69) is 17.4 Å². The van der Waals surface area contributed by atoms with Crippen LogP contribution in [-0.2, 0) is 6.42 Å². The smallest absolute Gasteiger partial charge is 0.0604 e. The summed E-state index contributed by atoms with van der Waals surface area (Å²) in [4.78, 5) is 0. The average Bonchev–Trinajstić information content (AvgIpc) is 2.16. The van der Waals surface area contributed by atoms with E-state index in [1.54, 1.807) is 0 Å². The standard InChI is InChI=1S/C11H18N2O/c1-9(12)8-10-2-4-11(5-3-10)13-6-7-14/h2-5,9,13-14H,6-8,12H2,1H3. The third kappa shape index (κ3) is 3.77. The molecule has 0 saturated heterocycles. The molecule has 4 N–H and O–H groups in total. The zero-order chi connectivity index (χ0) is 10.4. The summed E-state index contributed by atoms with van der Waals surface area (Å²) in [7, 11) is 0. The first-order chi connectivity index (χ1) is 6.72. The van der Waals surface area contributed by atoms with E-state index >= 15 is 0 Å². The van der Waals surface area contributed by atoms with Crippen LogP contribution in [0.2, 0.25) is 0 Å². The fraction of sp³-hybridized carbons (Fsp3) is 0.455. The minimum absolute atomic E-state index is 0.154. The maximum Gasteiger partial charge on any atom is 0.0604 e. The number of benzene rings is 1. The monoisotopic (exact) mass is 194 g/mol. The summed E-state index contributed by atoms with van der Waals surface area (Å²) in [6.45, 7) is 2.74. The van der Waals surface area contributed by atoms with Crippen molar-refractivity contribution in [3.63, 3.8) is 0 Å². The second kappa shape index (κ2) is 5.62. The Morgan fingerprint density at radius 1 is 1.36 bits per heavy atom. The molecule has 1 rings (SSSR count). The van der Waals surface area contributed by atoms with Gasteiger partial charge in [-0.05, 0) is 31.0 Å². The van der Waals surface area contributed by atoms with Gasteiger partial charge in [0.2, 0.25) is 0 Å². The SMILES string of the molecule is CC(N)Cc1ccc(NCCO)cc1. The van der Waals surface area contributed by atoms with Crippen LogP contribution >= 0.6 is 0 Å². The highest BCUT2D eigenvalue weighted by Crippen LogP contribution is 2.10. The first kappa shape index (κ1) is 11.0. The number of nitrogens with one attached hydrogen (secondary N) is 1. The topological polar surface area (TPSA) is 58.3 Å². The van der Waals surface area contributed by atoms with Gasteiger partial charge in [-0.2, -0.15) is 0 Å². The van der Waals surface area contributed by atoms with Crippen molar-refractivity contribution in [2.45, 2.75) is 19.4 Å². The summed E-state index contributed by atoms with van der Waals surface area (Å²) in [6.07, 6.45) is 0.903. The largest absolute Gasteiger partial charge is 0.395 e. The van der Waals surface area contributed by atoms with Crippen molar-refractivity contribution < 1.29 is 5.11 Å². The molecule has 1 aromatic rings. The maximum absolute atomic E-state index is 8.62. The molecule has 0 aliphatic rings. The lowest BCUT2D eigenvalue weighted by Crippen LogP contribution is -2.17. The molecule has 1 aromatic carbocycles. The predicted molar refractivity (Wildman–Crippen MR) is 59.4 cm³/mol. The van der Waals surface area contributed by atoms with Gasteiger partial charge in [-0.25, -0.2) is 0 Å². The molecular weight excluding hydrogens is 176 g/mol. The van der Waals surface area contributed by atoms with Crippen LogP contribution in [0.25, 0.3) is 0 Å². The van der Waals surface area contributed by atoms with Crippen LogP contribution in [0.1, 0.15) is 12.5 Å². The van der Waals surface area contributed by atoms with Crippen molar-refractivity contribution in [2.24, 2.45) is 5.73 Å². The molecule has 0 aliphatic carbocycles. The Morgan fingerprint density at radius 3 is 2.50 bits per heavy atom. The number of hydrogen-bond donors (Lipinski definition) is 3. The molecule has 0 heterocycles. The van der Waals surface area contributed by atoms with Crippen molar-refractivity contribution in [3.8, 4) is 0 Å². The molecule has 0 saturated carbocycles. The maximum atomic E-state index is 8.62. The van der Waals surface area contributed by atoms with Gasteiger partial charge in [-0.1, -0.05) is 12.1 Å². The van der Waals surface area contributed by atoms with Crippen molar-refractivity contribution in [1.29, 1.82) is 0 Å². The van der Waals surface area contributed by atoms with Gasteiger partial charge in [0.15, 0.2) is 0 Å². The molecule has 1 unspecified atom stereocenters. The molecule has 3 nitrogen and oxygen atoms in total. The molecule has 1 atom stereocenters. The molecule has 0 aliphatic heterocycles. The fourth-order valence-corrected chi connectivity index (χ4v) is 1.33. The Morgan fingerprint density at radius 2 is 2.00 bits per heavy atom. The number of anilines is 1. The quantitative estimate of drug-likeness (QED) is 0.655. The molecule has 0 aromatic heterocycles. The van der Waals surface area contributed by atoms with Crippen LogP contribution in [0.3, 0.4) is 0 Å². The normalized spacial score (nSPS) is 12.5. The van der Waals surface area contributed by atoms with Gasteiger partial charge in [0.05, 0.1) is 6.61 Å². The van der Waals surface area contributed by atoms with Gasteiger partial charge >= 0.3 is 0 Å². The third-order valence-corrected chi connectivity index (χ3v) is 1.95. The lowest BCUT2D eigenvalue weighted by molar-refractivity contribution is 0.311. The summed E-state index contributed by atoms with van der Waals surface area (Å²) in [5, 5.41) is 11.7. The predicted octanol–water partition coefficient (Wildman–Crippen LogP) is 0.980. The Labute approximate surface area is 84.9 Å². The van der Waals surface area contributed by atoms with Gasteiger partial charge in [0, 0.05) is 18.3 Å². The van der Waals surface area contributed by atoms with Gasteiger partial charge in [-0.15, -0.1) is 0 Å². The first-order valence-corrected chi connectivity index (χ1v) is 4.91. The van der Waals surface area contributed by atoms with Gasteiger partial charge in [-0.3, -0.25) is 0 Å². The minimum Gasteiger partial charge on any atom is -0.395 e. The highest BCUT2D eigenvalue weighted by Gasteiger charge is 1.97. The van der Waals surface area contributed by atoms with Crippen LogP contribution in [0, 0.1) is 0 Å². The number of nitrogens with two attached hydrogens (primary N) is 1. The number of aliphatic hydroxyl groups is 1. The fourth-order valence-electron chi connectivity index (χ4n) is 1.33. The van der Waals surface area contributed by atoms with Crippen molar-refractivity contribution in [1.82, 2.24) is 0 Å². The van der Waals surface area contributed by atoms with Gasteiger partial charge in [0.1, 0.15) is 0 Å². The van der Waals surface area contributed by atoms with E-state index in [0.717, 1.165) is 12.1 Å². The Bertz CT molecular complexity index is 256. The third-order valence-electron chi connectivity index (χ3n) is 1.95. The van der Waals surface area contributed by atoms with Crippen molar-refractivity contribution >= 4 is 5.69 Å². The van der Waals surface area contributed by atoms with Crippen LogP contribution in [-0.4, -0.2) is 24.3 Å².